The van der Waals surface area contributed by atoms with E-state index in [-0.39, 0.29) is 35.4 Å². The Morgan fingerprint density at radius 3 is 2.71 bits per heavy atom. The molecule has 1 saturated carbocycles. The maximum atomic E-state index is 13.6. The summed E-state index contributed by atoms with van der Waals surface area (Å²) in [5.41, 5.74) is 4.44. The van der Waals surface area contributed by atoms with Gasteiger partial charge < -0.3 is 14.8 Å². The van der Waals surface area contributed by atoms with Gasteiger partial charge in [-0.25, -0.2) is 0 Å². The summed E-state index contributed by atoms with van der Waals surface area (Å²) < 4.78 is 0. The summed E-state index contributed by atoms with van der Waals surface area (Å²) in [6.45, 7) is 4.86. The highest BCUT2D eigenvalue weighted by molar-refractivity contribution is 6.01. The van der Waals surface area contributed by atoms with E-state index in [0.29, 0.717) is 0 Å². The van der Waals surface area contributed by atoms with E-state index >= 15 is 0 Å². The molecule has 1 aromatic carbocycles. The summed E-state index contributed by atoms with van der Waals surface area (Å²) in [5.74, 6) is 0.308. The number of aromatic amines is 1. The maximum absolute atomic E-state index is 13.6. The molecule has 2 aromatic rings. The fourth-order valence-electron chi connectivity index (χ4n) is 6.00. The largest absolute Gasteiger partial charge is 0.356 e. The minimum absolute atomic E-state index is 0.139. The molecule has 4 heterocycles. The van der Waals surface area contributed by atoms with Gasteiger partial charge >= 0.3 is 0 Å². The van der Waals surface area contributed by atoms with Gasteiger partial charge in [0.15, 0.2) is 0 Å². The number of rotatable bonds is 1. The van der Waals surface area contributed by atoms with Crippen LogP contribution in [0.3, 0.4) is 0 Å². The second-order valence-electron chi connectivity index (χ2n) is 9.14. The van der Waals surface area contributed by atoms with Crippen molar-refractivity contribution in [2.75, 3.05) is 6.54 Å². The van der Waals surface area contributed by atoms with Gasteiger partial charge in [0.05, 0.1) is 6.04 Å². The van der Waals surface area contributed by atoms with E-state index in [4.69, 9.17) is 0 Å². The summed E-state index contributed by atoms with van der Waals surface area (Å²) in [5, 5.41) is 1.21. The molecule has 28 heavy (non-hydrogen) atoms. The second-order valence-corrected chi connectivity index (χ2v) is 9.14. The Labute approximate surface area is 164 Å². The van der Waals surface area contributed by atoms with Crippen LogP contribution in [0, 0.1) is 0 Å². The molecule has 1 aromatic heterocycles. The van der Waals surface area contributed by atoms with Crippen molar-refractivity contribution in [2.45, 2.75) is 63.1 Å². The van der Waals surface area contributed by atoms with Crippen LogP contribution in [0.1, 0.15) is 56.8 Å². The smallest absolute Gasteiger partial charge is 0.247 e. The number of allylic oxidation sites excluding steroid dienone is 1. The van der Waals surface area contributed by atoms with E-state index in [1.807, 2.05) is 15.9 Å². The molecular formula is C23H25N3O2. The molecular weight excluding hydrogens is 350 g/mol. The summed E-state index contributed by atoms with van der Waals surface area (Å²) in [6, 6.07) is 7.55. The van der Waals surface area contributed by atoms with Gasteiger partial charge in [-0.2, -0.15) is 0 Å². The van der Waals surface area contributed by atoms with Gasteiger partial charge in [-0.05, 0) is 51.2 Å². The quantitative estimate of drug-likeness (QED) is 0.777. The predicted molar refractivity (Wildman–Crippen MR) is 107 cm³/mol. The van der Waals surface area contributed by atoms with Gasteiger partial charge in [0.1, 0.15) is 12.1 Å². The molecule has 6 rings (SSSR count). The molecule has 0 bridgehead atoms. The number of piperazine rings is 1. The minimum atomic E-state index is -0.360. The Morgan fingerprint density at radius 1 is 1.18 bits per heavy atom. The van der Waals surface area contributed by atoms with Gasteiger partial charge in [0, 0.05) is 28.6 Å². The Kier molecular flexibility index (Phi) is 3.09. The van der Waals surface area contributed by atoms with Crippen molar-refractivity contribution in [3.63, 3.8) is 0 Å². The zero-order valence-corrected chi connectivity index (χ0v) is 16.4. The molecule has 0 unspecified atom stereocenters. The van der Waals surface area contributed by atoms with Crippen LogP contribution in [0.5, 0.6) is 0 Å². The molecule has 1 N–H and O–H groups in total. The van der Waals surface area contributed by atoms with Gasteiger partial charge in [-0.3, -0.25) is 9.59 Å². The Morgan fingerprint density at radius 2 is 1.96 bits per heavy atom. The second kappa shape index (κ2) is 5.28. The van der Waals surface area contributed by atoms with E-state index < -0.39 is 0 Å². The van der Waals surface area contributed by atoms with Gasteiger partial charge in [-0.1, -0.05) is 29.8 Å². The number of nitrogens with zero attached hydrogens (tertiary/aromatic N) is 2. The lowest BCUT2D eigenvalue weighted by Gasteiger charge is -2.51. The number of hydrogen-bond acceptors (Lipinski definition) is 2. The normalized spacial score (nSPS) is 29.7. The lowest BCUT2D eigenvalue weighted by Crippen LogP contribution is -2.68. The highest BCUT2D eigenvalue weighted by Gasteiger charge is 2.66. The van der Waals surface area contributed by atoms with Crippen LogP contribution in [0.25, 0.3) is 10.9 Å². The molecule has 3 fully saturated rings. The van der Waals surface area contributed by atoms with Crippen LogP contribution in [0.2, 0.25) is 0 Å². The molecule has 1 spiro atoms. The number of aromatic nitrogens is 1. The Balaban J connectivity index is 1.65. The third kappa shape index (κ3) is 1.87. The van der Waals surface area contributed by atoms with Gasteiger partial charge in [0.2, 0.25) is 11.8 Å². The molecule has 144 valence electrons. The topological polar surface area (TPSA) is 56.4 Å². The van der Waals surface area contributed by atoms with E-state index in [9.17, 15) is 9.59 Å². The van der Waals surface area contributed by atoms with E-state index in [1.165, 1.54) is 10.9 Å². The molecule has 3 aliphatic heterocycles. The molecule has 4 aliphatic rings. The van der Waals surface area contributed by atoms with Gasteiger partial charge in [-0.15, -0.1) is 0 Å². The molecule has 2 saturated heterocycles. The highest BCUT2D eigenvalue weighted by Crippen LogP contribution is 2.62. The van der Waals surface area contributed by atoms with Gasteiger partial charge in [0.25, 0.3) is 0 Å². The van der Waals surface area contributed by atoms with Crippen LogP contribution < -0.4 is 0 Å². The zero-order chi connectivity index (χ0) is 19.2. The third-order valence-corrected chi connectivity index (χ3v) is 7.22. The minimum Gasteiger partial charge on any atom is -0.356 e. The molecule has 0 radical (unpaired) electrons. The standard InChI is InChI=1S/C23H25N3O2/c1-13(2)12-17-19-18(14-6-3-4-7-15(14)24-19)23(9-10-23)20-22(28)25-11-5-8-16(25)21(27)26(17)20/h3-4,6-7,12,16-17,20,24H,5,8-11H2,1-2H3/t16-,17+,20+/m0/s1. The summed E-state index contributed by atoms with van der Waals surface area (Å²) in [4.78, 5) is 34.7. The average Bonchev–Trinajstić information content (AvgIpc) is 3.13. The maximum Gasteiger partial charge on any atom is 0.247 e. The number of para-hydroxylation sites is 1. The summed E-state index contributed by atoms with van der Waals surface area (Å²) in [7, 11) is 0. The lowest BCUT2D eigenvalue weighted by molar-refractivity contribution is -0.164. The first-order chi connectivity index (χ1) is 13.5. The van der Waals surface area contributed by atoms with Crippen LogP contribution in [0.15, 0.2) is 35.9 Å². The monoisotopic (exact) mass is 375 g/mol. The van der Waals surface area contributed by atoms with Crippen LogP contribution in [0.4, 0.5) is 0 Å². The molecule has 5 nitrogen and oxygen atoms in total. The third-order valence-electron chi connectivity index (χ3n) is 7.22. The van der Waals surface area contributed by atoms with Crippen molar-refractivity contribution in [2.24, 2.45) is 0 Å². The van der Waals surface area contributed by atoms with E-state index in [2.05, 4.69) is 43.1 Å². The van der Waals surface area contributed by atoms with Crippen molar-refractivity contribution in [3.8, 4) is 0 Å². The Bertz CT molecular complexity index is 1060. The lowest BCUT2D eigenvalue weighted by atomic mass is 9.76. The van der Waals surface area contributed by atoms with Crippen LogP contribution in [-0.2, 0) is 15.0 Å². The van der Waals surface area contributed by atoms with Crippen LogP contribution in [-0.4, -0.2) is 45.2 Å². The molecule has 5 heteroatoms. The van der Waals surface area contributed by atoms with Crippen molar-refractivity contribution in [3.05, 3.63) is 47.2 Å². The van der Waals surface area contributed by atoms with Crippen molar-refractivity contribution < 1.29 is 9.59 Å². The van der Waals surface area contributed by atoms with Crippen molar-refractivity contribution in [1.29, 1.82) is 0 Å². The number of benzene rings is 1. The number of carbonyl (C=O) groups is 2. The number of fused-ring (bicyclic) bond motifs is 7. The predicted octanol–water partition coefficient (Wildman–Crippen LogP) is 3.42. The first kappa shape index (κ1) is 16.4. The first-order valence-electron chi connectivity index (χ1n) is 10.4. The Hall–Kier alpha value is -2.56. The summed E-state index contributed by atoms with van der Waals surface area (Å²) in [6.07, 6.45) is 5.83. The van der Waals surface area contributed by atoms with Crippen LogP contribution >= 0.6 is 0 Å². The number of carbonyl (C=O) groups excluding carboxylic acids is 2. The fraction of sp³-hybridized carbons (Fsp3) is 0.478. The van der Waals surface area contributed by atoms with E-state index in [1.54, 1.807) is 0 Å². The number of amides is 2. The number of H-pyrrole nitrogens is 1. The summed E-state index contributed by atoms with van der Waals surface area (Å²) >= 11 is 0. The molecule has 1 aliphatic carbocycles. The molecule has 3 atom stereocenters. The number of nitrogens with one attached hydrogen (secondary N) is 1. The average molecular weight is 375 g/mol. The molecule has 2 amide bonds. The van der Waals surface area contributed by atoms with E-state index in [0.717, 1.165) is 49.0 Å². The zero-order valence-electron chi connectivity index (χ0n) is 16.4. The first-order valence-corrected chi connectivity index (χ1v) is 10.4. The van der Waals surface area contributed by atoms with Crippen molar-refractivity contribution >= 4 is 22.7 Å². The highest BCUT2D eigenvalue weighted by atomic mass is 16.2. The SMILES string of the molecule is CC(C)=C[C@@H]1c2[nH]c3ccccc3c2C2(CC2)[C@H]2C(=O)N3CCC[C@H]3C(=O)N12. The van der Waals surface area contributed by atoms with Crippen molar-refractivity contribution in [1.82, 2.24) is 14.8 Å². The fourth-order valence-corrected chi connectivity index (χ4v) is 6.00. The number of hydrogen-bond donors (Lipinski definition) is 1.